The maximum absolute atomic E-state index is 8.38. The number of hydrogen-bond acceptors (Lipinski definition) is 2. The topological polar surface area (TPSA) is 27.0 Å². The Morgan fingerprint density at radius 1 is 1.50 bits per heavy atom. The van der Waals surface area contributed by atoms with Gasteiger partial charge in [-0.25, -0.2) is 0 Å². The molecule has 0 radical (unpaired) electrons. The highest BCUT2D eigenvalue weighted by atomic mass is 79.9. The van der Waals surface area contributed by atoms with Crippen LogP contribution in [-0.2, 0) is 0 Å². The third kappa shape index (κ3) is 5.56. The fourth-order valence-corrected chi connectivity index (χ4v) is 1.27. The van der Waals surface area contributed by atoms with Crippen molar-refractivity contribution in [1.82, 2.24) is 4.90 Å². The first-order chi connectivity index (χ1) is 5.52. The molecule has 12 heavy (non-hydrogen) atoms. The van der Waals surface area contributed by atoms with Gasteiger partial charge in [0.15, 0.2) is 0 Å². The van der Waals surface area contributed by atoms with Crippen LogP contribution < -0.4 is 0 Å². The van der Waals surface area contributed by atoms with Gasteiger partial charge in [0, 0.05) is 24.8 Å². The van der Waals surface area contributed by atoms with Crippen LogP contribution in [0.15, 0.2) is 0 Å². The van der Waals surface area contributed by atoms with Crippen molar-refractivity contribution in [2.45, 2.75) is 20.3 Å². The van der Waals surface area contributed by atoms with E-state index < -0.39 is 0 Å². The Balaban J connectivity index is 3.69. The summed E-state index contributed by atoms with van der Waals surface area (Å²) in [5.74, 6) is 0. The molecule has 0 atom stereocenters. The molecule has 0 rings (SSSR count). The van der Waals surface area contributed by atoms with E-state index in [0.717, 1.165) is 18.4 Å². The first-order valence-corrected chi connectivity index (χ1v) is 5.25. The summed E-state index contributed by atoms with van der Waals surface area (Å²) >= 11 is 3.48. The van der Waals surface area contributed by atoms with Crippen LogP contribution in [0.2, 0.25) is 0 Å². The maximum Gasteiger partial charge on any atom is 0.0635 e. The molecular formula is C9H17BrN2. The van der Waals surface area contributed by atoms with Gasteiger partial charge in [-0.15, -0.1) is 0 Å². The molecule has 0 N–H and O–H groups in total. The van der Waals surface area contributed by atoms with E-state index in [1.165, 1.54) is 0 Å². The van der Waals surface area contributed by atoms with E-state index in [1.807, 2.05) is 0 Å². The van der Waals surface area contributed by atoms with Crippen LogP contribution in [0.4, 0.5) is 0 Å². The second-order valence-corrected chi connectivity index (χ2v) is 4.50. The smallest absolute Gasteiger partial charge is 0.0635 e. The van der Waals surface area contributed by atoms with E-state index in [9.17, 15) is 0 Å². The van der Waals surface area contributed by atoms with Crippen LogP contribution in [0.3, 0.4) is 0 Å². The predicted octanol–water partition coefficient (Wildman–Crippen LogP) is 2.25. The van der Waals surface area contributed by atoms with Crippen molar-refractivity contribution in [3.05, 3.63) is 0 Å². The first-order valence-electron chi connectivity index (χ1n) is 4.13. The average molecular weight is 233 g/mol. The average Bonchev–Trinajstić information content (AvgIpc) is 2.00. The standard InChI is InChI=1S/C9H17BrN2/c1-9(2,7-10)8-12(3)6-4-5-11/h4,6-8H2,1-3H3. The van der Waals surface area contributed by atoms with Crippen molar-refractivity contribution in [2.75, 3.05) is 25.5 Å². The van der Waals surface area contributed by atoms with Crippen molar-refractivity contribution in [3.63, 3.8) is 0 Å². The van der Waals surface area contributed by atoms with E-state index >= 15 is 0 Å². The molecule has 0 aliphatic rings. The van der Waals surface area contributed by atoms with Crippen LogP contribution in [-0.4, -0.2) is 30.4 Å². The molecule has 0 heterocycles. The van der Waals surface area contributed by atoms with Gasteiger partial charge in [-0.2, -0.15) is 5.26 Å². The highest BCUT2D eigenvalue weighted by Crippen LogP contribution is 2.18. The van der Waals surface area contributed by atoms with Crippen molar-refractivity contribution < 1.29 is 0 Å². The molecule has 0 bridgehead atoms. The zero-order chi connectivity index (χ0) is 9.61. The third-order valence-corrected chi connectivity index (χ3v) is 3.18. The summed E-state index contributed by atoms with van der Waals surface area (Å²) in [6, 6.07) is 2.15. The lowest BCUT2D eigenvalue weighted by Gasteiger charge is -2.27. The van der Waals surface area contributed by atoms with Gasteiger partial charge >= 0.3 is 0 Å². The molecule has 0 unspecified atom stereocenters. The summed E-state index contributed by atoms with van der Waals surface area (Å²) in [5, 5.41) is 9.38. The minimum absolute atomic E-state index is 0.296. The van der Waals surface area contributed by atoms with Crippen molar-refractivity contribution in [3.8, 4) is 6.07 Å². The van der Waals surface area contributed by atoms with E-state index in [4.69, 9.17) is 5.26 Å². The summed E-state index contributed by atoms with van der Waals surface area (Å²) in [4.78, 5) is 2.20. The third-order valence-electron chi connectivity index (χ3n) is 1.67. The van der Waals surface area contributed by atoms with Crippen LogP contribution >= 0.6 is 15.9 Å². The van der Waals surface area contributed by atoms with Gasteiger partial charge in [0.05, 0.1) is 6.07 Å². The Morgan fingerprint density at radius 3 is 2.50 bits per heavy atom. The molecule has 0 aliphatic heterocycles. The number of alkyl halides is 1. The van der Waals surface area contributed by atoms with Gasteiger partial charge in [-0.05, 0) is 12.5 Å². The van der Waals surface area contributed by atoms with Gasteiger partial charge < -0.3 is 4.90 Å². The molecule has 0 aromatic heterocycles. The first kappa shape index (κ1) is 11.9. The largest absolute Gasteiger partial charge is 0.305 e. The fraction of sp³-hybridized carbons (Fsp3) is 0.889. The molecule has 3 heteroatoms. The van der Waals surface area contributed by atoms with E-state index in [1.54, 1.807) is 0 Å². The molecule has 0 saturated heterocycles. The minimum atomic E-state index is 0.296. The lowest BCUT2D eigenvalue weighted by atomic mass is 9.96. The van der Waals surface area contributed by atoms with Gasteiger partial charge in [-0.3, -0.25) is 0 Å². The number of halogens is 1. The molecule has 0 aliphatic carbocycles. The van der Waals surface area contributed by atoms with E-state index in [2.05, 4.69) is 47.8 Å². The Kier molecular flexibility index (Phi) is 5.52. The summed E-state index contributed by atoms with van der Waals surface area (Å²) in [6.45, 7) is 6.32. The Labute approximate surface area is 83.7 Å². The second-order valence-electron chi connectivity index (χ2n) is 3.94. The molecule has 0 saturated carbocycles. The lowest BCUT2D eigenvalue weighted by molar-refractivity contribution is 0.236. The Morgan fingerprint density at radius 2 is 2.08 bits per heavy atom. The lowest BCUT2D eigenvalue weighted by Crippen LogP contribution is -2.32. The van der Waals surface area contributed by atoms with E-state index in [0.29, 0.717) is 11.8 Å². The van der Waals surface area contributed by atoms with Crippen LogP contribution in [0, 0.1) is 16.7 Å². The van der Waals surface area contributed by atoms with Gasteiger partial charge in [0.1, 0.15) is 0 Å². The quantitative estimate of drug-likeness (QED) is 0.681. The normalized spacial score (nSPS) is 11.7. The summed E-state index contributed by atoms with van der Waals surface area (Å²) in [6.07, 6.45) is 0.620. The number of rotatable bonds is 5. The molecular weight excluding hydrogens is 216 g/mol. The van der Waals surface area contributed by atoms with Gasteiger partial charge in [-0.1, -0.05) is 29.8 Å². The Hall–Kier alpha value is -0.0700. The zero-order valence-electron chi connectivity index (χ0n) is 8.10. The van der Waals surface area contributed by atoms with Crippen molar-refractivity contribution in [2.24, 2.45) is 5.41 Å². The van der Waals surface area contributed by atoms with Crippen molar-refractivity contribution >= 4 is 15.9 Å². The number of hydrogen-bond donors (Lipinski definition) is 0. The summed E-state index contributed by atoms with van der Waals surface area (Å²) in [5.41, 5.74) is 0.296. The van der Waals surface area contributed by atoms with Gasteiger partial charge in [0.2, 0.25) is 0 Å². The highest BCUT2D eigenvalue weighted by Gasteiger charge is 2.17. The Bertz CT molecular complexity index is 160. The van der Waals surface area contributed by atoms with Crippen LogP contribution in [0.5, 0.6) is 0 Å². The van der Waals surface area contributed by atoms with Crippen LogP contribution in [0.1, 0.15) is 20.3 Å². The maximum atomic E-state index is 8.38. The zero-order valence-corrected chi connectivity index (χ0v) is 9.69. The number of nitriles is 1. The minimum Gasteiger partial charge on any atom is -0.305 e. The van der Waals surface area contributed by atoms with E-state index in [-0.39, 0.29) is 0 Å². The molecule has 70 valence electrons. The predicted molar refractivity (Wildman–Crippen MR) is 55.3 cm³/mol. The highest BCUT2D eigenvalue weighted by molar-refractivity contribution is 9.09. The second kappa shape index (κ2) is 5.55. The molecule has 0 aromatic carbocycles. The monoisotopic (exact) mass is 232 g/mol. The van der Waals surface area contributed by atoms with Crippen molar-refractivity contribution in [1.29, 1.82) is 5.26 Å². The molecule has 2 nitrogen and oxygen atoms in total. The van der Waals surface area contributed by atoms with Gasteiger partial charge in [0.25, 0.3) is 0 Å². The molecule has 0 spiro atoms. The SMILES string of the molecule is CN(CCC#N)CC(C)(C)CBr. The number of nitrogens with zero attached hydrogens (tertiary/aromatic N) is 2. The molecule has 0 amide bonds. The summed E-state index contributed by atoms with van der Waals surface area (Å²) < 4.78 is 0. The fourth-order valence-electron chi connectivity index (χ4n) is 1.09. The molecule has 0 fully saturated rings. The molecule has 0 aromatic rings. The van der Waals surface area contributed by atoms with Crippen LogP contribution in [0.25, 0.3) is 0 Å². The summed E-state index contributed by atoms with van der Waals surface area (Å²) in [7, 11) is 2.06.